The van der Waals surface area contributed by atoms with E-state index in [2.05, 4.69) is 43.4 Å². The van der Waals surface area contributed by atoms with Crippen LogP contribution in [0.15, 0.2) is 46.8 Å². The highest BCUT2D eigenvalue weighted by Crippen LogP contribution is 2.25. The first kappa shape index (κ1) is 22.2. The molecule has 0 radical (unpaired) electrons. The summed E-state index contributed by atoms with van der Waals surface area (Å²) in [4.78, 5) is 20.3. The van der Waals surface area contributed by atoms with Crippen molar-refractivity contribution in [2.75, 3.05) is 51.3 Å². The molecule has 30 heavy (non-hydrogen) atoms. The summed E-state index contributed by atoms with van der Waals surface area (Å²) in [5.74, 6) is -0.0198. The minimum atomic E-state index is -0.342. The van der Waals surface area contributed by atoms with Crippen LogP contribution < -0.4 is 16.0 Å². The van der Waals surface area contributed by atoms with E-state index < -0.39 is 0 Å². The molecule has 2 aromatic rings. The first-order chi connectivity index (χ1) is 14.7. The topological polar surface area (TPSA) is 78.0 Å². The molecule has 1 aliphatic rings. The summed E-state index contributed by atoms with van der Waals surface area (Å²) in [5, 5.41) is 11.4. The van der Waals surface area contributed by atoms with Gasteiger partial charge in [-0.2, -0.15) is 0 Å². The number of anilines is 1. The third kappa shape index (κ3) is 6.79. The van der Waals surface area contributed by atoms with Gasteiger partial charge in [-0.1, -0.05) is 6.07 Å². The third-order valence-electron chi connectivity index (χ3n) is 4.67. The molecule has 162 valence electrons. The smallest absolute Gasteiger partial charge is 0.246 e. The number of amides is 1. The number of guanidine groups is 1. The molecule has 0 aliphatic carbocycles. The van der Waals surface area contributed by atoms with E-state index in [-0.39, 0.29) is 24.3 Å². The van der Waals surface area contributed by atoms with Gasteiger partial charge in [0.1, 0.15) is 12.4 Å². The van der Waals surface area contributed by atoms with Gasteiger partial charge in [-0.05, 0) is 42.6 Å². The summed E-state index contributed by atoms with van der Waals surface area (Å²) in [5.41, 5.74) is 0.541. The largest absolute Gasteiger partial charge is 0.379 e. The van der Waals surface area contributed by atoms with Gasteiger partial charge in [0.2, 0.25) is 5.91 Å². The predicted octanol–water partition coefficient (Wildman–Crippen LogP) is 2.45. The zero-order valence-electron chi connectivity index (χ0n) is 17.1. The maximum absolute atomic E-state index is 13.0. The summed E-state index contributed by atoms with van der Waals surface area (Å²) >= 11 is 1.74. The number of carbonyl (C=O) groups is 1. The highest BCUT2D eigenvalue weighted by molar-refractivity contribution is 7.10. The van der Waals surface area contributed by atoms with Crippen LogP contribution in [0.4, 0.5) is 10.1 Å². The van der Waals surface area contributed by atoms with Crippen molar-refractivity contribution in [2.45, 2.75) is 13.0 Å². The molecule has 1 aromatic carbocycles. The first-order valence-corrected chi connectivity index (χ1v) is 11.0. The van der Waals surface area contributed by atoms with Crippen LogP contribution in [0.3, 0.4) is 0 Å². The van der Waals surface area contributed by atoms with Gasteiger partial charge >= 0.3 is 0 Å². The second-order valence-electron chi connectivity index (χ2n) is 6.81. The van der Waals surface area contributed by atoms with E-state index in [1.807, 2.05) is 6.92 Å². The average molecular weight is 434 g/mol. The van der Waals surface area contributed by atoms with E-state index in [1.165, 1.54) is 29.1 Å². The number of benzene rings is 1. The van der Waals surface area contributed by atoms with Gasteiger partial charge in [0.05, 0.1) is 19.3 Å². The standard InChI is InChI=1S/C21H28FN5O2S/c1-2-23-21(25-15-20(28)26-17-7-5-16(22)6-8-17)24-14-18(19-4-3-13-30-19)27-9-11-29-12-10-27/h3-8,13,18H,2,9-12,14-15H2,1H3,(H,26,28)(H2,23,24,25). The SMILES string of the molecule is CCNC(=NCC(=O)Nc1ccc(F)cc1)NCC(c1cccs1)N1CCOCC1. The summed E-state index contributed by atoms with van der Waals surface area (Å²) in [6.45, 7) is 6.55. The highest BCUT2D eigenvalue weighted by atomic mass is 32.1. The van der Waals surface area contributed by atoms with Crippen LogP contribution in [0.5, 0.6) is 0 Å². The van der Waals surface area contributed by atoms with E-state index in [9.17, 15) is 9.18 Å². The van der Waals surface area contributed by atoms with Gasteiger partial charge in [-0.3, -0.25) is 9.69 Å². The minimum Gasteiger partial charge on any atom is -0.379 e. The van der Waals surface area contributed by atoms with Crippen molar-refractivity contribution in [3.63, 3.8) is 0 Å². The monoisotopic (exact) mass is 433 g/mol. The summed E-state index contributed by atoms with van der Waals surface area (Å²) < 4.78 is 18.5. The number of ether oxygens (including phenoxy) is 1. The zero-order chi connectivity index (χ0) is 21.2. The van der Waals surface area contributed by atoms with E-state index in [1.54, 1.807) is 11.3 Å². The number of hydrogen-bond acceptors (Lipinski definition) is 5. The lowest BCUT2D eigenvalue weighted by Crippen LogP contribution is -2.46. The van der Waals surface area contributed by atoms with E-state index in [4.69, 9.17) is 4.74 Å². The molecule has 0 spiro atoms. The maximum atomic E-state index is 13.0. The molecule has 1 saturated heterocycles. The molecule has 2 heterocycles. The molecule has 0 saturated carbocycles. The Labute approximate surface area is 180 Å². The van der Waals surface area contributed by atoms with Gasteiger partial charge in [-0.25, -0.2) is 9.38 Å². The number of nitrogens with zero attached hydrogens (tertiary/aromatic N) is 2. The van der Waals surface area contributed by atoms with Gasteiger partial charge in [0.15, 0.2) is 5.96 Å². The molecular weight excluding hydrogens is 405 g/mol. The van der Waals surface area contributed by atoms with Crippen molar-refractivity contribution < 1.29 is 13.9 Å². The second kappa shape index (κ2) is 11.6. The lowest BCUT2D eigenvalue weighted by Gasteiger charge is -2.34. The molecule has 3 N–H and O–H groups in total. The number of halogens is 1. The maximum Gasteiger partial charge on any atom is 0.246 e. The molecule has 1 aromatic heterocycles. The Kier molecular flexibility index (Phi) is 8.61. The van der Waals surface area contributed by atoms with Crippen LogP contribution in [0, 0.1) is 5.82 Å². The van der Waals surface area contributed by atoms with Crippen molar-refractivity contribution in [1.29, 1.82) is 0 Å². The van der Waals surface area contributed by atoms with Crippen molar-refractivity contribution in [2.24, 2.45) is 4.99 Å². The van der Waals surface area contributed by atoms with Crippen LogP contribution in [0.2, 0.25) is 0 Å². The molecular formula is C21H28FN5O2S. The van der Waals surface area contributed by atoms with Gasteiger partial charge in [0.25, 0.3) is 0 Å². The quantitative estimate of drug-likeness (QED) is 0.440. The fraction of sp³-hybridized carbons (Fsp3) is 0.429. The normalized spacial score (nSPS) is 16.1. The van der Waals surface area contributed by atoms with Crippen molar-refractivity contribution in [3.05, 3.63) is 52.5 Å². The van der Waals surface area contributed by atoms with Gasteiger partial charge in [0, 0.05) is 36.7 Å². The molecule has 1 unspecified atom stereocenters. The molecule has 1 amide bonds. The number of thiophene rings is 1. The lowest BCUT2D eigenvalue weighted by molar-refractivity contribution is -0.114. The van der Waals surface area contributed by atoms with Crippen molar-refractivity contribution in [1.82, 2.24) is 15.5 Å². The average Bonchev–Trinajstić information content (AvgIpc) is 3.29. The Morgan fingerprint density at radius 2 is 2.00 bits per heavy atom. The number of hydrogen-bond donors (Lipinski definition) is 3. The molecule has 9 heteroatoms. The fourth-order valence-corrected chi connectivity index (χ4v) is 4.06. The molecule has 1 aliphatic heterocycles. The molecule has 0 bridgehead atoms. The molecule has 1 atom stereocenters. The number of rotatable bonds is 8. The van der Waals surface area contributed by atoms with E-state index in [0.29, 0.717) is 24.7 Å². The molecule has 7 nitrogen and oxygen atoms in total. The minimum absolute atomic E-state index is 0.0338. The number of carbonyl (C=O) groups excluding carboxylic acids is 1. The third-order valence-corrected chi connectivity index (χ3v) is 5.65. The van der Waals surface area contributed by atoms with Crippen LogP contribution in [0.1, 0.15) is 17.8 Å². The van der Waals surface area contributed by atoms with Gasteiger partial charge in [-0.15, -0.1) is 11.3 Å². The van der Waals surface area contributed by atoms with E-state index >= 15 is 0 Å². The van der Waals surface area contributed by atoms with Crippen molar-refractivity contribution in [3.8, 4) is 0 Å². The Balaban J connectivity index is 1.58. The predicted molar refractivity (Wildman–Crippen MR) is 118 cm³/mol. The Hall–Kier alpha value is -2.49. The van der Waals surface area contributed by atoms with Crippen LogP contribution in [-0.4, -0.2) is 62.7 Å². The summed E-state index contributed by atoms with van der Waals surface area (Å²) in [7, 11) is 0. The van der Waals surface area contributed by atoms with Crippen LogP contribution >= 0.6 is 11.3 Å². The number of aliphatic imine (C=N–C) groups is 1. The summed E-state index contributed by atoms with van der Waals surface area (Å²) in [6.07, 6.45) is 0. The fourth-order valence-electron chi connectivity index (χ4n) is 3.20. The van der Waals surface area contributed by atoms with Crippen LogP contribution in [-0.2, 0) is 9.53 Å². The Morgan fingerprint density at radius 1 is 1.23 bits per heavy atom. The Morgan fingerprint density at radius 3 is 2.67 bits per heavy atom. The second-order valence-corrected chi connectivity index (χ2v) is 7.79. The first-order valence-electron chi connectivity index (χ1n) is 10.1. The van der Waals surface area contributed by atoms with Crippen molar-refractivity contribution >= 4 is 28.9 Å². The van der Waals surface area contributed by atoms with Crippen LogP contribution in [0.25, 0.3) is 0 Å². The number of morpholine rings is 1. The molecule has 1 fully saturated rings. The molecule has 3 rings (SSSR count). The van der Waals surface area contributed by atoms with E-state index in [0.717, 1.165) is 26.3 Å². The Bertz CT molecular complexity index is 807. The highest BCUT2D eigenvalue weighted by Gasteiger charge is 2.23. The number of nitrogens with one attached hydrogen (secondary N) is 3. The summed E-state index contributed by atoms with van der Waals surface area (Å²) in [6, 6.07) is 10.1. The van der Waals surface area contributed by atoms with Gasteiger partial charge < -0.3 is 20.7 Å². The lowest BCUT2D eigenvalue weighted by atomic mass is 10.2. The zero-order valence-corrected chi connectivity index (χ0v) is 17.9.